The van der Waals surface area contributed by atoms with Crippen molar-refractivity contribution < 1.29 is 9.53 Å². The Hall–Kier alpha value is -1.03. The normalized spacial score (nSPS) is 18.9. The number of carbonyl (C=O) groups is 1. The minimum Gasteiger partial charge on any atom is -0.461 e. The van der Waals surface area contributed by atoms with Crippen LogP contribution in [0.25, 0.3) is 0 Å². The van der Waals surface area contributed by atoms with Crippen LogP contribution in [0.1, 0.15) is 26.2 Å². The molecule has 1 aliphatic heterocycles. The molecule has 0 aliphatic carbocycles. The molecule has 0 radical (unpaired) electrons. The van der Waals surface area contributed by atoms with Gasteiger partial charge in [0.2, 0.25) is 0 Å². The molecule has 1 aliphatic rings. The molecule has 0 bridgehead atoms. The average Bonchev–Trinajstić information content (AvgIpc) is 2.18. The van der Waals surface area contributed by atoms with Crippen LogP contribution in [0.4, 0.5) is 0 Å². The van der Waals surface area contributed by atoms with Crippen molar-refractivity contribution in [2.75, 3.05) is 26.2 Å². The van der Waals surface area contributed by atoms with Gasteiger partial charge in [0.05, 0.1) is 0 Å². The van der Waals surface area contributed by atoms with E-state index in [2.05, 4.69) is 4.90 Å². The molecule has 0 unspecified atom stereocenters. The van der Waals surface area contributed by atoms with E-state index in [-0.39, 0.29) is 5.97 Å². The summed E-state index contributed by atoms with van der Waals surface area (Å²) in [5.74, 6) is -0.341. The van der Waals surface area contributed by atoms with E-state index < -0.39 is 0 Å². The van der Waals surface area contributed by atoms with Crippen molar-refractivity contribution in [3.8, 4) is 0 Å². The highest BCUT2D eigenvalue weighted by Gasteiger charge is 2.09. The maximum atomic E-state index is 11.1. The summed E-state index contributed by atoms with van der Waals surface area (Å²) in [4.78, 5) is 13.4. The molecule has 0 atom stereocenters. The molecule has 86 valence electrons. The standard InChI is InChI=1S/C11H20N2O2/c1-10(12)9-11(14)15-8-7-13-5-3-2-4-6-13/h9H,2-8,12H2,1H3/b10-9+. The summed E-state index contributed by atoms with van der Waals surface area (Å²) >= 11 is 0. The number of piperidine rings is 1. The molecule has 1 heterocycles. The number of likely N-dealkylation sites (tertiary alicyclic amines) is 1. The summed E-state index contributed by atoms with van der Waals surface area (Å²) in [6, 6.07) is 0. The highest BCUT2D eigenvalue weighted by molar-refractivity contribution is 5.82. The molecule has 4 nitrogen and oxygen atoms in total. The Morgan fingerprint density at radius 2 is 2.07 bits per heavy atom. The largest absolute Gasteiger partial charge is 0.461 e. The van der Waals surface area contributed by atoms with Gasteiger partial charge in [0, 0.05) is 18.3 Å². The highest BCUT2D eigenvalue weighted by Crippen LogP contribution is 2.07. The van der Waals surface area contributed by atoms with Gasteiger partial charge >= 0.3 is 5.97 Å². The third kappa shape index (κ3) is 5.42. The third-order valence-electron chi connectivity index (χ3n) is 2.45. The third-order valence-corrected chi connectivity index (χ3v) is 2.45. The predicted molar refractivity (Wildman–Crippen MR) is 59.2 cm³/mol. The van der Waals surface area contributed by atoms with Crippen molar-refractivity contribution in [1.82, 2.24) is 4.90 Å². The van der Waals surface area contributed by atoms with Crippen molar-refractivity contribution in [3.05, 3.63) is 11.8 Å². The summed E-state index contributed by atoms with van der Waals surface area (Å²) in [5, 5.41) is 0. The Labute approximate surface area is 91.1 Å². The summed E-state index contributed by atoms with van der Waals surface area (Å²) in [7, 11) is 0. The molecule has 0 aromatic rings. The Bertz CT molecular complexity index is 229. The minimum atomic E-state index is -0.341. The van der Waals surface area contributed by atoms with Gasteiger partial charge in [0.1, 0.15) is 6.61 Å². The summed E-state index contributed by atoms with van der Waals surface area (Å²) in [6.07, 6.45) is 5.16. The van der Waals surface area contributed by atoms with Crippen LogP contribution in [0.15, 0.2) is 11.8 Å². The number of rotatable bonds is 4. The van der Waals surface area contributed by atoms with Crippen LogP contribution < -0.4 is 5.73 Å². The Morgan fingerprint density at radius 1 is 1.40 bits per heavy atom. The monoisotopic (exact) mass is 212 g/mol. The molecule has 4 heteroatoms. The summed E-state index contributed by atoms with van der Waals surface area (Å²) in [6.45, 7) is 5.23. The highest BCUT2D eigenvalue weighted by atomic mass is 16.5. The lowest BCUT2D eigenvalue weighted by Gasteiger charge is -2.25. The SMILES string of the molecule is C/C(N)=C\C(=O)OCCN1CCCCC1. The topological polar surface area (TPSA) is 55.6 Å². The van der Waals surface area contributed by atoms with E-state index in [1.165, 1.54) is 25.3 Å². The van der Waals surface area contributed by atoms with Crippen molar-refractivity contribution in [3.63, 3.8) is 0 Å². The summed E-state index contributed by atoms with van der Waals surface area (Å²) < 4.78 is 5.02. The second kappa shape index (κ2) is 6.45. The van der Waals surface area contributed by atoms with E-state index in [0.29, 0.717) is 12.3 Å². The van der Waals surface area contributed by atoms with Crippen molar-refractivity contribution in [2.24, 2.45) is 5.73 Å². The minimum absolute atomic E-state index is 0.341. The van der Waals surface area contributed by atoms with Crippen LogP contribution in [-0.2, 0) is 9.53 Å². The molecular weight excluding hydrogens is 192 g/mol. The van der Waals surface area contributed by atoms with Crippen LogP contribution in [0, 0.1) is 0 Å². The van der Waals surface area contributed by atoms with Crippen LogP contribution in [-0.4, -0.2) is 37.1 Å². The molecular formula is C11H20N2O2. The number of hydrogen-bond acceptors (Lipinski definition) is 4. The van der Waals surface area contributed by atoms with Crippen LogP contribution in [0.2, 0.25) is 0 Å². The lowest BCUT2D eigenvalue weighted by molar-refractivity contribution is -0.138. The van der Waals surface area contributed by atoms with Crippen LogP contribution in [0.3, 0.4) is 0 Å². The predicted octanol–water partition coefficient (Wildman–Crippen LogP) is 0.878. The van der Waals surface area contributed by atoms with E-state index in [4.69, 9.17) is 10.5 Å². The molecule has 1 rings (SSSR count). The molecule has 0 aromatic carbocycles. The first-order valence-electron chi connectivity index (χ1n) is 5.51. The number of ether oxygens (including phenoxy) is 1. The van der Waals surface area contributed by atoms with Gasteiger partial charge < -0.3 is 10.5 Å². The van der Waals surface area contributed by atoms with E-state index in [1.54, 1.807) is 6.92 Å². The second-order valence-electron chi connectivity index (χ2n) is 3.96. The molecule has 1 fully saturated rings. The molecule has 0 amide bonds. The molecule has 0 aromatic heterocycles. The lowest BCUT2D eigenvalue weighted by atomic mass is 10.1. The Balaban J connectivity index is 2.10. The fraction of sp³-hybridized carbons (Fsp3) is 0.727. The van der Waals surface area contributed by atoms with Crippen LogP contribution >= 0.6 is 0 Å². The van der Waals surface area contributed by atoms with E-state index >= 15 is 0 Å². The Kier molecular flexibility index (Phi) is 5.18. The van der Waals surface area contributed by atoms with Crippen LogP contribution in [0.5, 0.6) is 0 Å². The molecule has 0 spiro atoms. The number of nitrogens with two attached hydrogens (primary N) is 1. The maximum Gasteiger partial charge on any atom is 0.332 e. The van der Waals surface area contributed by atoms with Gasteiger partial charge in [-0.05, 0) is 32.9 Å². The quantitative estimate of drug-likeness (QED) is 0.555. The molecule has 0 saturated carbocycles. The van der Waals surface area contributed by atoms with Gasteiger partial charge in [-0.25, -0.2) is 4.79 Å². The number of allylic oxidation sites excluding steroid dienone is 1. The zero-order chi connectivity index (χ0) is 11.1. The van der Waals surface area contributed by atoms with Crippen molar-refractivity contribution >= 4 is 5.97 Å². The second-order valence-corrected chi connectivity index (χ2v) is 3.96. The molecule has 2 N–H and O–H groups in total. The van der Waals surface area contributed by atoms with E-state index in [0.717, 1.165) is 19.6 Å². The maximum absolute atomic E-state index is 11.1. The smallest absolute Gasteiger partial charge is 0.332 e. The van der Waals surface area contributed by atoms with Gasteiger partial charge in [-0.2, -0.15) is 0 Å². The van der Waals surface area contributed by atoms with Gasteiger partial charge in [0.25, 0.3) is 0 Å². The number of esters is 1. The lowest BCUT2D eigenvalue weighted by Crippen LogP contribution is -2.33. The zero-order valence-corrected chi connectivity index (χ0v) is 9.37. The molecule has 1 saturated heterocycles. The van der Waals surface area contributed by atoms with Gasteiger partial charge in [-0.15, -0.1) is 0 Å². The van der Waals surface area contributed by atoms with Gasteiger partial charge in [-0.1, -0.05) is 6.42 Å². The van der Waals surface area contributed by atoms with Crippen molar-refractivity contribution in [2.45, 2.75) is 26.2 Å². The van der Waals surface area contributed by atoms with Gasteiger partial charge in [-0.3, -0.25) is 4.90 Å². The Morgan fingerprint density at radius 3 is 2.67 bits per heavy atom. The number of hydrogen-bond donors (Lipinski definition) is 1. The molecule has 15 heavy (non-hydrogen) atoms. The number of nitrogens with zero attached hydrogens (tertiary/aromatic N) is 1. The van der Waals surface area contributed by atoms with E-state index in [9.17, 15) is 4.79 Å². The fourth-order valence-electron chi connectivity index (χ4n) is 1.69. The van der Waals surface area contributed by atoms with Crippen molar-refractivity contribution in [1.29, 1.82) is 0 Å². The first-order valence-corrected chi connectivity index (χ1v) is 5.51. The van der Waals surface area contributed by atoms with E-state index in [1.807, 2.05) is 0 Å². The zero-order valence-electron chi connectivity index (χ0n) is 9.37. The fourth-order valence-corrected chi connectivity index (χ4v) is 1.69. The first-order chi connectivity index (χ1) is 7.18. The average molecular weight is 212 g/mol. The summed E-state index contributed by atoms with van der Waals surface area (Å²) in [5.41, 5.74) is 5.84. The first kappa shape index (κ1) is 12.0. The number of carbonyl (C=O) groups excluding carboxylic acids is 1. The van der Waals surface area contributed by atoms with Gasteiger partial charge in [0.15, 0.2) is 0 Å².